The van der Waals surface area contributed by atoms with Crippen molar-refractivity contribution in [2.75, 3.05) is 23.9 Å². The van der Waals surface area contributed by atoms with Crippen LogP contribution >= 0.6 is 0 Å². The Hall–Kier alpha value is -1.82. The Labute approximate surface area is 87.8 Å². The van der Waals surface area contributed by atoms with Crippen molar-refractivity contribution in [1.29, 1.82) is 0 Å². The molecule has 6 nitrogen and oxygen atoms in total. The SMILES string of the molecule is CCN(C)c1cc(NN)cc([N+](=O)[O-])c1. The second-order valence-corrected chi connectivity index (χ2v) is 3.15. The second kappa shape index (κ2) is 4.61. The number of nitrogens with two attached hydrogens (primary N) is 1. The molecule has 1 rings (SSSR count). The number of nitro groups is 1. The van der Waals surface area contributed by atoms with E-state index < -0.39 is 4.92 Å². The van der Waals surface area contributed by atoms with Gasteiger partial charge in [0.1, 0.15) is 0 Å². The van der Waals surface area contributed by atoms with E-state index in [9.17, 15) is 10.1 Å². The zero-order chi connectivity index (χ0) is 11.4. The summed E-state index contributed by atoms with van der Waals surface area (Å²) in [5, 5.41) is 10.7. The van der Waals surface area contributed by atoms with E-state index in [4.69, 9.17) is 5.84 Å². The lowest BCUT2D eigenvalue weighted by Crippen LogP contribution is -2.16. The summed E-state index contributed by atoms with van der Waals surface area (Å²) in [5.74, 6) is 5.24. The standard InChI is InChI=1S/C9H14N4O2/c1-3-12(2)8-4-7(11-10)5-9(6-8)13(14)15/h4-6,11H,3,10H2,1-2H3. The number of anilines is 2. The van der Waals surface area contributed by atoms with Crippen molar-refractivity contribution in [3.05, 3.63) is 28.3 Å². The summed E-state index contributed by atoms with van der Waals surface area (Å²) in [5.41, 5.74) is 3.73. The van der Waals surface area contributed by atoms with Crippen molar-refractivity contribution in [3.63, 3.8) is 0 Å². The van der Waals surface area contributed by atoms with Crippen LogP contribution in [-0.4, -0.2) is 18.5 Å². The molecule has 1 aromatic rings. The molecule has 3 N–H and O–H groups in total. The normalized spacial score (nSPS) is 9.80. The number of hydrogen-bond donors (Lipinski definition) is 2. The van der Waals surface area contributed by atoms with Crippen molar-refractivity contribution in [2.45, 2.75) is 6.92 Å². The van der Waals surface area contributed by atoms with Crippen LogP contribution in [0.4, 0.5) is 17.1 Å². The minimum absolute atomic E-state index is 0.0285. The van der Waals surface area contributed by atoms with Crippen molar-refractivity contribution in [3.8, 4) is 0 Å². The molecule has 0 heterocycles. The maximum atomic E-state index is 10.7. The molecule has 0 amide bonds. The third kappa shape index (κ3) is 2.57. The highest BCUT2D eigenvalue weighted by Gasteiger charge is 2.10. The molecular formula is C9H14N4O2. The van der Waals surface area contributed by atoms with Crippen LogP contribution in [0, 0.1) is 10.1 Å². The van der Waals surface area contributed by atoms with Crippen LogP contribution in [0.25, 0.3) is 0 Å². The molecule has 0 aliphatic heterocycles. The summed E-state index contributed by atoms with van der Waals surface area (Å²) in [6.07, 6.45) is 0. The lowest BCUT2D eigenvalue weighted by atomic mass is 10.2. The zero-order valence-corrected chi connectivity index (χ0v) is 8.73. The van der Waals surface area contributed by atoms with Gasteiger partial charge in [-0.3, -0.25) is 16.0 Å². The Morgan fingerprint density at radius 3 is 2.67 bits per heavy atom. The number of non-ortho nitro benzene ring substituents is 1. The molecule has 1 aromatic carbocycles. The molecule has 0 atom stereocenters. The molecule has 0 fully saturated rings. The molecular weight excluding hydrogens is 196 g/mol. The molecule has 82 valence electrons. The Balaban J connectivity index is 3.16. The molecule has 0 spiro atoms. The predicted molar refractivity (Wildman–Crippen MR) is 59.9 cm³/mol. The second-order valence-electron chi connectivity index (χ2n) is 3.15. The van der Waals surface area contributed by atoms with Crippen LogP contribution in [0.15, 0.2) is 18.2 Å². The van der Waals surface area contributed by atoms with Crippen LogP contribution in [0.5, 0.6) is 0 Å². The predicted octanol–water partition coefficient (Wildman–Crippen LogP) is 1.34. The van der Waals surface area contributed by atoms with Gasteiger partial charge in [0.2, 0.25) is 0 Å². The molecule has 0 bridgehead atoms. The first-order valence-corrected chi connectivity index (χ1v) is 4.55. The minimum atomic E-state index is -0.437. The lowest BCUT2D eigenvalue weighted by Gasteiger charge is -2.17. The molecule has 0 aliphatic rings. The smallest absolute Gasteiger partial charge is 0.273 e. The van der Waals surface area contributed by atoms with Gasteiger partial charge in [-0.15, -0.1) is 0 Å². The number of nitrogens with one attached hydrogen (secondary N) is 1. The van der Waals surface area contributed by atoms with Crippen LogP contribution < -0.4 is 16.2 Å². The molecule has 0 radical (unpaired) electrons. The fourth-order valence-electron chi connectivity index (χ4n) is 1.19. The van der Waals surface area contributed by atoms with E-state index in [0.717, 1.165) is 12.2 Å². The Morgan fingerprint density at radius 1 is 1.53 bits per heavy atom. The van der Waals surface area contributed by atoms with Gasteiger partial charge in [-0.05, 0) is 13.0 Å². The minimum Gasteiger partial charge on any atom is -0.375 e. The summed E-state index contributed by atoms with van der Waals surface area (Å²) >= 11 is 0. The molecule has 0 saturated carbocycles. The molecule has 0 unspecified atom stereocenters. The van der Waals surface area contributed by atoms with E-state index >= 15 is 0 Å². The molecule has 0 aliphatic carbocycles. The summed E-state index contributed by atoms with van der Waals surface area (Å²) < 4.78 is 0. The van der Waals surface area contributed by atoms with Gasteiger partial charge in [-0.2, -0.15) is 0 Å². The van der Waals surface area contributed by atoms with E-state index in [-0.39, 0.29) is 5.69 Å². The highest BCUT2D eigenvalue weighted by atomic mass is 16.6. The van der Waals surface area contributed by atoms with E-state index in [1.807, 2.05) is 18.9 Å². The van der Waals surface area contributed by atoms with E-state index in [0.29, 0.717) is 5.69 Å². The topological polar surface area (TPSA) is 84.4 Å². The first kappa shape index (κ1) is 11.3. The Bertz CT molecular complexity index is 367. The number of hydrogen-bond acceptors (Lipinski definition) is 5. The van der Waals surface area contributed by atoms with Gasteiger partial charge in [0.05, 0.1) is 10.6 Å². The fraction of sp³-hybridized carbons (Fsp3) is 0.333. The first-order chi connectivity index (χ1) is 7.08. The maximum Gasteiger partial charge on any atom is 0.273 e. The molecule has 0 aromatic heterocycles. The third-order valence-electron chi connectivity index (χ3n) is 2.20. The highest BCUT2D eigenvalue weighted by molar-refractivity contribution is 5.63. The monoisotopic (exact) mass is 210 g/mol. The first-order valence-electron chi connectivity index (χ1n) is 4.55. The maximum absolute atomic E-state index is 10.7. The Kier molecular flexibility index (Phi) is 3.46. The number of nitrogen functional groups attached to an aromatic ring is 1. The van der Waals surface area contributed by atoms with Crippen LogP contribution in [-0.2, 0) is 0 Å². The van der Waals surface area contributed by atoms with Crippen LogP contribution in [0.1, 0.15) is 6.92 Å². The van der Waals surface area contributed by atoms with E-state index in [2.05, 4.69) is 5.43 Å². The lowest BCUT2D eigenvalue weighted by molar-refractivity contribution is -0.384. The quantitative estimate of drug-likeness (QED) is 0.445. The summed E-state index contributed by atoms with van der Waals surface area (Å²) in [7, 11) is 1.86. The number of nitrogens with zero attached hydrogens (tertiary/aromatic N) is 2. The number of hydrazine groups is 1. The number of benzene rings is 1. The van der Waals surface area contributed by atoms with Crippen LogP contribution in [0.2, 0.25) is 0 Å². The zero-order valence-electron chi connectivity index (χ0n) is 8.73. The van der Waals surface area contributed by atoms with Crippen molar-refractivity contribution >= 4 is 17.1 Å². The van der Waals surface area contributed by atoms with Gasteiger partial charge in [0.15, 0.2) is 0 Å². The third-order valence-corrected chi connectivity index (χ3v) is 2.20. The van der Waals surface area contributed by atoms with Crippen molar-refractivity contribution in [1.82, 2.24) is 0 Å². The van der Waals surface area contributed by atoms with E-state index in [1.165, 1.54) is 12.1 Å². The average molecular weight is 210 g/mol. The largest absolute Gasteiger partial charge is 0.375 e. The Morgan fingerprint density at radius 2 is 2.20 bits per heavy atom. The highest BCUT2D eigenvalue weighted by Crippen LogP contribution is 2.25. The summed E-state index contributed by atoms with van der Waals surface area (Å²) in [4.78, 5) is 12.1. The van der Waals surface area contributed by atoms with Crippen molar-refractivity contribution in [2.24, 2.45) is 5.84 Å². The molecule has 0 saturated heterocycles. The molecule has 6 heteroatoms. The van der Waals surface area contributed by atoms with Gasteiger partial charge in [0.25, 0.3) is 5.69 Å². The van der Waals surface area contributed by atoms with Gasteiger partial charge >= 0.3 is 0 Å². The number of nitro benzene ring substituents is 1. The summed E-state index contributed by atoms with van der Waals surface area (Å²) in [6, 6.07) is 4.67. The van der Waals surface area contributed by atoms with Gasteiger partial charge in [-0.1, -0.05) is 0 Å². The summed E-state index contributed by atoms with van der Waals surface area (Å²) in [6.45, 7) is 2.74. The molecule has 15 heavy (non-hydrogen) atoms. The fourth-order valence-corrected chi connectivity index (χ4v) is 1.19. The van der Waals surface area contributed by atoms with Gasteiger partial charge < -0.3 is 10.3 Å². The van der Waals surface area contributed by atoms with E-state index in [1.54, 1.807) is 6.07 Å². The van der Waals surface area contributed by atoms with Crippen molar-refractivity contribution < 1.29 is 4.92 Å². The number of rotatable bonds is 4. The van der Waals surface area contributed by atoms with Crippen LogP contribution in [0.3, 0.4) is 0 Å². The van der Waals surface area contributed by atoms with Gasteiger partial charge in [0, 0.05) is 31.4 Å². The average Bonchev–Trinajstić information content (AvgIpc) is 2.27. The van der Waals surface area contributed by atoms with Gasteiger partial charge in [-0.25, -0.2) is 0 Å².